The van der Waals surface area contributed by atoms with Crippen molar-refractivity contribution in [3.05, 3.63) is 41.9 Å². The smallest absolute Gasteiger partial charge is 0.321 e. The highest BCUT2D eigenvalue weighted by Gasteiger charge is 2.22. The average Bonchev–Trinajstić information content (AvgIpc) is 2.98. The highest BCUT2D eigenvalue weighted by molar-refractivity contribution is 6.30. The van der Waals surface area contributed by atoms with Crippen LogP contribution in [0.2, 0.25) is 5.02 Å². The fraction of sp³-hybridized carbons (Fsp3) is 0.375. The summed E-state index contributed by atoms with van der Waals surface area (Å²) in [6.07, 6.45) is 3.65. The zero-order valence-corrected chi connectivity index (χ0v) is 14.4. The molecule has 1 aromatic heterocycles. The molecule has 1 saturated heterocycles. The number of halogens is 1. The first-order valence-electron chi connectivity index (χ1n) is 8.03. The van der Waals surface area contributed by atoms with Crippen molar-refractivity contribution in [2.75, 3.05) is 31.5 Å². The molecule has 2 heterocycles. The largest absolute Gasteiger partial charge is 0.339 e. The van der Waals surface area contributed by atoms with Crippen molar-refractivity contribution in [2.45, 2.75) is 13.0 Å². The number of hydrogen-bond donors (Lipinski definition) is 1. The van der Waals surface area contributed by atoms with Gasteiger partial charge in [0.15, 0.2) is 0 Å². The molecule has 3 amide bonds. The standard InChI is InChI=1S/C16H19ClN6O2/c17-13-2-4-14(5-3-13)20-16(25)22-7-1-6-21(8-9-22)15(24)10-23-12-18-11-19-23/h2-5,11-12H,1,6-10H2,(H,20,25). The molecule has 1 aromatic carbocycles. The Morgan fingerprint density at radius 1 is 1.08 bits per heavy atom. The number of amides is 3. The Kier molecular flexibility index (Phi) is 5.49. The molecule has 1 aliphatic heterocycles. The predicted octanol–water partition coefficient (Wildman–Crippen LogP) is 1.70. The molecule has 1 N–H and O–H groups in total. The molecular formula is C16H19ClN6O2. The summed E-state index contributed by atoms with van der Waals surface area (Å²) >= 11 is 5.84. The van der Waals surface area contributed by atoms with Crippen LogP contribution in [-0.4, -0.2) is 62.7 Å². The monoisotopic (exact) mass is 362 g/mol. The summed E-state index contributed by atoms with van der Waals surface area (Å²) in [6, 6.07) is 6.79. The molecule has 0 spiro atoms. The number of rotatable bonds is 3. The summed E-state index contributed by atoms with van der Waals surface area (Å²) < 4.78 is 1.50. The van der Waals surface area contributed by atoms with Crippen LogP contribution in [0.5, 0.6) is 0 Å². The van der Waals surface area contributed by atoms with Crippen LogP contribution in [0, 0.1) is 0 Å². The fourth-order valence-corrected chi connectivity index (χ4v) is 2.78. The van der Waals surface area contributed by atoms with Gasteiger partial charge in [-0.15, -0.1) is 0 Å². The maximum atomic E-state index is 12.4. The van der Waals surface area contributed by atoms with Gasteiger partial charge in [0.2, 0.25) is 5.91 Å². The van der Waals surface area contributed by atoms with Crippen LogP contribution in [0.4, 0.5) is 10.5 Å². The molecule has 0 unspecified atom stereocenters. The van der Waals surface area contributed by atoms with Gasteiger partial charge in [0.05, 0.1) is 0 Å². The van der Waals surface area contributed by atoms with E-state index in [0.29, 0.717) is 36.9 Å². The minimum absolute atomic E-state index is 0.0227. The van der Waals surface area contributed by atoms with E-state index in [0.717, 1.165) is 6.42 Å². The van der Waals surface area contributed by atoms with Gasteiger partial charge in [-0.25, -0.2) is 14.5 Å². The zero-order chi connectivity index (χ0) is 17.6. The Morgan fingerprint density at radius 3 is 2.52 bits per heavy atom. The number of benzene rings is 1. The lowest BCUT2D eigenvalue weighted by Gasteiger charge is -2.22. The van der Waals surface area contributed by atoms with Crippen molar-refractivity contribution >= 4 is 29.2 Å². The predicted molar refractivity (Wildman–Crippen MR) is 93.3 cm³/mol. The van der Waals surface area contributed by atoms with Gasteiger partial charge in [0, 0.05) is 36.9 Å². The Labute approximate surface area is 150 Å². The second kappa shape index (κ2) is 7.98. The average molecular weight is 363 g/mol. The van der Waals surface area contributed by atoms with Gasteiger partial charge in [-0.1, -0.05) is 11.6 Å². The van der Waals surface area contributed by atoms with Gasteiger partial charge in [0.1, 0.15) is 19.2 Å². The highest BCUT2D eigenvalue weighted by atomic mass is 35.5. The molecule has 0 bridgehead atoms. The molecule has 132 valence electrons. The number of hydrogen-bond acceptors (Lipinski definition) is 4. The fourth-order valence-electron chi connectivity index (χ4n) is 2.66. The van der Waals surface area contributed by atoms with Crippen LogP contribution in [0.3, 0.4) is 0 Å². The number of nitrogens with one attached hydrogen (secondary N) is 1. The van der Waals surface area contributed by atoms with Gasteiger partial charge in [-0.2, -0.15) is 5.10 Å². The van der Waals surface area contributed by atoms with Gasteiger partial charge in [-0.3, -0.25) is 4.79 Å². The van der Waals surface area contributed by atoms with Crippen molar-refractivity contribution in [1.29, 1.82) is 0 Å². The Bertz CT molecular complexity index is 719. The first kappa shape index (κ1) is 17.2. The number of nitrogens with zero attached hydrogens (tertiary/aromatic N) is 5. The van der Waals surface area contributed by atoms with Gasteiger partial charge in [-0.05, 0) is 30.7 Å². The van der Waals surface area contributed by atoms with E-state index in [2.05, 4.69) is 15.4 Å². The van der Waals surface area contributed by atoms with Crippen molar-refractivity contribution in [3.8, 4) is 0 Å². The SMILES string of the molecule is O=C(Cn1cncn1)N1CCCN(C(=O)Nc2ccc(Cl)cc2)CC1. The summed E-state index contributed by atoms with van der Waals surface area (Å²) in [5, 5.41) is 7.41. The van der Waals surface area contributed by atoms with Crippen LogP contribution in [-0.2, 0) is 11.3 Å². The first-order valence-corrected chi connectivity index (χ1v) is 8.41. The van der Waals surface area contributed by atoms with E-state index >= 15 is 0 Å². The van der Waals surface area contributed by atoms with Crippen molar-refractivity contribution in [2.24, 2.45) is 0 Å². The number of urea groups is 1. The third kappa shape index (κ3) is 4.69. The van der Waals surface area contributed by atoms with E-state index < -0.39 is 0 Å². The van der Waals surface area contributed by atoms with Crippen LogP contribution >= 0.6 is 11.6 Å². The van der Waals surface area contributed by atoms with Crippen molar-refractivity contribution < 1.29 is 9.59 Å². The summed E-state index contributed by atoms with van der Waals surface area (Å²) in [6.45, 7) is 2.38. The second-order valence-corrected chi connectivity index (χ2v) is 6.19. The number of carbonyl (C=O) groups is 2. The maximum Gasteiger partial charge on any atom is 0.321 e. The van der Waals surface area contributed by atoms with E-state index in [4.69, 9.17) is 11.6 Å². The molecule has 2 aromatic rings. The van der Waals surface area contributed by atoms with E-state index in [1.807, 2.05) is 0 Å². The third-order valence-electron chi connectivity index (χ3n) is 4.00. The van der Waals surface area contributed by atoms with Crippen LogP contribution in [0.1, 0.15) is 6.42 Å². The number of carbonyl (C=O) groups excluding carboxylic acids is 2. The second-order valence-electron chi connectivity index (χ2n) is 5.75. The lowest BCUT2D eigenvalue weighted by Crippen LogP contribution is -2.40. The molecular weight excluding hydrogens is 344 g/mol. The number of aromatic nitrogens is 3. The van der Waals surface area contributed by atoms with Crippen molar-refractivity contribution in [3.63, 3.8) is 0 Å². The number of anilines is 1. The summed E-state index contributed by atoms with van der Waals surface area (Å²) in [7, 11) is 0. The van der Waals surface area contributed by atoms with E-state index in [1.54, 1.807) is 34.1 Å². The van der Waals surface area contributed by atoms with Crippen LogP contribution < -0.4 is 5.32 Å². The van der Waals surface area contributed by atoms with Crippen molar-refractivity contribution in [1.82, 2.24) is 24.6 Å². The third-order valence-corrected chi connectivity index (χ3v) is 4.25. The summed E-state index contributed by atoms with van der Waals surface area (Å²) in [5.74, 6) is -0.0227. The topological polar surface area (TPSA) is 83.4 Å². The van der Waals surface area contributed by atoms with Gasteiger partial charge < -0.3 is 15.1 Å². The Morgan fingerprint density at radius 2 is 1.80 bits per heavy atom. The quantitative estimate of drug-likeness (QED) is 0.900. The molecule has 0 radical (unpaired) electrons. The molecule has 0 atom stereocenters. The Hall–Kier alpha value is -2.61. The van der Waals surface area contributed by atoms with E-state index in [1.165, 1.54) is 17.3 Å². The molecule has 3 rings (SSSR count). The van der Waals surface area contributed by atoms with Gasteiger partial charge >= 0.3 is 6.03 Å². The normalized spacial score (nSPS) is 14.9. The molecule has 0 aliphatic carbocycles. The summed E-state index contributed by atoms with van der Waals surface area (Å²) in [4.78, 5) is 32.0. The molecule has 8 nitrogen and oxygen atoms in total. The first-order chi connectivity index (χ1) is 12.1. The highest BCUT2D eigenvalue weighted by Crippen LogP contribution is 2.14. The van der Waals surface area contributed by atoms with Crippen LogP contribution in [0.15, 0.2) is 36.9 Å². The van der Waals surface area contributed by atoms with E-state index in [9.17, 15) is 9.59 Å². The maximum absolute atomic E-state index is 12.4. The molecule has 1 aliphatic rings. The van der Waals surface area contributed by atoms with E-state index in [-0.39, 0.29) is 18.5 Å². The Balaban J connectivity index is 1.53. The minimum atomic E-state index is -0.173. The minimum Gasteiger partial charge on any atom is -0.339 e. The molecule has 0 saturated carbocycles. The molecule has 25 heavy (non-hydrogen) atoms. The van der Waals surface area contributed by atoms with Gasteiger partial charge in [0.25, 0.3) is 0 Å². The lowest BCUT2D eigenvalue weighted by molar-refractivity contribution is -0.131. The lowest BCUT2D eigenvalue weighted by atomic mass is 10.3. The zero-order valence-electron chi connectivity index (χ0n) is 13.6. The molecule has 9 heteroatoms. The summed E-state index contributed by atoms with van der Waals surface area (Å²) in [5.41, 5.74) is 0.692. The molecule has 1 fully saturated rings. The van der Waals surface area contributed by atoms with Crippen LogP contribution in [0.25, 0.3) is 0 Å².